The van der Waals surface area contributed by atoms with Crippen LogP contribution in [0.15, 0.2) is 0 Å². The van der Waals surface area contributed by atoms with Crippen LogP contribution in [0.1, 0.15) is 64.2 Å². The van der Waals surface area contributed by atoms with E-state index in [1.165, 1.54) is 77.3 Å². The lowest BCUT2D eigenvalue weighted by molar-refractivity contribution is 0.208. The van der Waals surface area contributed by atoms with Gasteiger partial charge in [-0.25, -0.2) is 0 Å². The number of hydrogen-bond donors (Lipinski definition) is 2. The van der Waals surface area contributed by atoms with Crippen molar-refractivity contribution in [1.82, 2.24) is 10.6 Å². The molecule has 0 aromatic rings. The van der Waals surface area contributed by atoms with Crippen molar-refractivity contribution in [3.8, 4) is 0 Å². The van der Waals surface area contributed by atoms with Gasteiger partial charge in [0.05, 0.1) is 0 Å². The second kappa shape index (κ2) is 6.38. The largest absolute Gasteiger partial charge is 0.314 e. The zero-order valence-electron chi connectivity index (χ0n) is 11.8. The van der Waals surface area contributed by atoms with Gasteiger partial charge in [-0.3, -0.25) is 0 Å². The summed E-state index contributed by atoms with van der Waals surface area (Å²) in [6.07, 6.45) is 14.5. The van der Waals surface area contributed by atoms with Gasteiger partial charge >= 0.3 is 0 Å². The van der Waals surface area contributed by atoms with E-state index in [0.29, 0.717) is 0 Å². The molecule has 0 spiro atoms. The quantitative estimate of drug-likeness (QED) is 0.801. The summed E-state index contributed by atoms with van der Waals surface area (Å²) < 4.78 is 0. The number of rotatable bonds is 4. The van der Waals surface area contributed by atoms with Crippen molar-refractivity contribution in [2.45, 2.75) is 76.3 Å². The highest BCUT2D eigenvalue weighted by atomic mass is 15.0. The Bertz CT molecular complexity index is 241. The third-order valence-electron chi connectivity index (χ3n) is 5.58. The average molecular weight is 250 g/mol. The molecule has 3 fully saturated rings. The van der Waals surface area contributed by atoms with E-state index in [0.717, 1.165) is 23.9 Å². The summed E-state index contributed by atoms with van der Waals surface area (Å²) in [5, 5.41) is 7.69. The maximum absolute atomic E-state index is 3.95. The average Bonchev–Trinajstić information content (AvgIpc) is 3.10. The Morgan fingerprint density at radius 1 is 0.833 bits per heavy atom. The van der Waals surface area contributed by atoms with Crippen LogP contribution in [0, 0.1) is 11.8 Å². The molecule has 1 heterocycles. The van der Waals surface area contributed by atoms with Gasteiger partial charge in [-0.1, -0.05) is 25.7 Å². The van der Waals surface area contributed by atoms with Crippen LogP contribution in [0.4, 0.5) is 0 Å². The van der Waals surface area contributed by atoms with Gasteiger partial charge in [0.15, 0.2) is 0 Å². The van der Waals surface area contributed by atoms with Gasteiger partial charge in [-0.15, -0.1) is 0 Å². The van der Waals surface area contributed by atoms with Crippen molar-refractivity contribution >= 4 is 0 Å². The first-order valence-electron chi connectivity index (χ1n) is 8.40. The molecule has 1 saturated heterocycles. The molecule has 2 heteroatoms. The summed E-state index contributed by atoms with van der Waals surface area (Å²) in [5.74, 6) is 1.91. The molecule has 18 heavy (non-hydrogen) atoms. The summed E-state index contributed by atoms with van der Waals surface area (Å²) in [6, 6.07) is 1.64. The summed E-state index contributed by atoms with van der Waals surface area (Å²) in [6.45, 7) is 2.56. The van der Waals surface area contributed by atoms with E-state index >= 15 is 0 Å². The predicted octanol–water partition coefficient (Wildman–Crippen LogP) is 3.08. The Balaban J connectivity index is 1.50. The van der Waals surface area contributed by atoms with E-state index < -0.39 is 0 Å². The third-order valence-corrected chi connectivity index (χ3v) is 5.58. The molecule has 3 unspecified atom stereocenters. The van der Waals surface area contributed by atoms with Crippen molar-refractivity contribution in [3.63, 3.8) is 0 Å². The number of nitrogens with one attached hydrogen (secondary N) is 2. The monoisotopic (exact) mass is 250 g/mol. The minimum absolute atomic E-state index is 0.815. The third kappa shape index (κ3) is 3.08. The normalized spacial score (nSPS) is 38.3. The first-order chi connectivity index (χ1) is 8.93. The molecule has 0 bridgehead atoms. The van der Waals surface area contributed by atoms with Gasteiger partial charge in [0.25, 0.3) is 0 Å². The molecule has 0 aromatic heterocycles. The molecule has 3 rings (SSSR count). The molecule has 3 aliphatic rings. The van der Waals surface area contributed by atoms with Crippen molar-refractivity contribution in [2.24, 2.45) is 11.8 Å². The van der Waals surface area contributed by atoms with Crippen molar-refractivity contribution in [3.05, 3.63) is 0 Å². The highest BCUT2D eigenvalue weighted by Crippen LogP contribution is 2.31. The lowest BCUT2D eigenvalue weighted by Crippen LogP contribution is -2.48. The van der Waals surface area contributed by atoms with Gasteiger partial charge < -0.3 is 10.6 Å². The van der Waals surface area contributed by atoms with E-state index in [9.17, 15) is 0 Å². The summed E-state index contributed by atoms with van der Waals surface area (Å²) in [4.78, 5) is 0. The molecular weight excluding hydrogens is 220 g/mol. The fourth-order valence-corrected chi connectivity index (χ4v) is 4.50. The molecule has 0 amide bonds. The van der Waals surface area contributed by atoms with Crippen LogP contribution in [0.5, 0.6) is 0 Å². The highest BCUT2D eigenvalue weighted by Gasteiger charge is 2.33. The molecular formula is C16H30N2. The molecule has 2 aliphatic carbocycles. The van der Waals surface area contributed by atoms with Crippen LogP contribution in [-0.4, -0.2) is 25.2 Å². The van der Waals surface area contributed by atoms with Crippen LogP contribution < -0.4 is 10.6 Å². The Hall–Kier alpha value is -0.0800. The summed E-state index contributed by atoms with van der Waals surface area (Å²) in [5.41, 5.74) is 0. The molecule has 104 valence electrons. The predicted molar refractivity (Wildman–Crippen MR) is 76.7 cm³/mol. The second-order valence-corrected chi connectivity index (χ2v) is 6.82. The van der Waals surface area contributed by atoms with Crippen LogP contribution in [0.2, 0.25) is 0 Å². The van der Waals surface area contributed by atoms with Gasteiger partial charge in [0.1, 0.15) is 0 Å². The fourth-order valence-electron chi connectivity index (χ4n) is 4.50. The van der Waals surface area contributed by atoms with Crippen LogP contribution in [0.3, 0.4) is 0 Å². The number of hydrogen-bond acceptors (Lipinski definition) is 2. The molecule has 1 aliphatic heterocycles. The maximum atomic E-state index is 3.95. The zero-order chi connectivity index (χ0) is 12.2. The highest BCUT2D eigenvalue weighted by molar-refractivity contribution is 4.92. The molecule has 2 nitrogen and oxygen atoms in total. The molecule has 2 saturated carbocycles. The second-order valence-electron chi connectivity index (χ2n) is 6.82. The first kappa shape index (κ1) is 12.9. The molecule has 2 N–H and O–H groups in total. The van der Waals surface area contributed by atoms with Crippen molar-refractivity contribution in [1.29, 1.82) is 0 Å². The van der Waals surface area contributed by atoms with Crippen LogP contribution >= 0.6 is 0 Å². The topological polar surface area (TPSA) is 24.1 Å². The summed E-state index contributed by atoms with van der Waals surface area (Å²) in [7, 11) is 0. The lowest BCUT2D eigenvalue weighted by atomic mass is 9.79. The first-order valence-corrected chi connectivity index (χ1v) is 8.40. The smallest absolute Gasteiger partial charge is 0.0111 e. The maximum Gasteiger partial charge on any atom is 0.0111 e. The fraction of sp³-hybridized carbons (Fsp3) is 1.00. The molecule has 0 aromatic carbocycles. The van der Waals surface area contributed by atoms with Gasteiger partial charge in [-0.2, -0.15) is 0 Å². The SMILES string of the molecule is C1CCC(CNC2CCCCC2C2CCCN2)C1. The Morgan fingerprint density at radius 2 is 1.61 bits per heavy atom. The van der Waals surface area contributed by atoms with Gasteiger partial charge in [0.2, 0.25) is 0 Å². The van der Waals surface area contributed by atoms with Gasteiger partial charge in [0, 0.05) is 12.1 Å². The molecule has 0 radical (unpaired) electrons. The van der Waals surface area contributed by atoms with E-state index in [1.54, 1.807) is 0 Å². The lowest BCUT2D eigenvalue weighted by Gasteiger charge is -2.37. The minimum atomic E-state index is 0.815. The van der Waals surface area contributed by atoms with Crippen LogP contribution in [0.25, 0.3) is 0 Å². The Morgan fingerprint density at radius 3 is 2.39 bits per heavy atom. The molecule has 3 atom stereocenters. The minimum Gasteiger partial charge on any atom is -0.314 e. The standard InChI is InChI=1S/C16H30N2/c1-2-7-13(6-1)12-18-16-9-4-3-8-14(16)15-10-5-11-17-15/h13-18H,1-12H2. The van der Waals surface area contributed by atoms with E-state index in [-0.39, 0.29) is 0 Å². The van der Waals surface area contributed by atoms with Gasteiger partial charge in [-0.05, 0) is 63.5 Å². The van der Waals surface area contributed by atoms with E-state index in [1.807, 2.05) is 0 Å². The Kier molecular flexibility index (Phi) is 4.58. The zero-order valence-corrected chi connectivity index (χ0v) is 11.8. The Labute approximate surface area is 112 Å². The summed E-state index contributed by atoms with van der Waals surface area (Å²) >= 11 is 0. The van der Waals surface area contributed by atoms with E-state index in [4.69, 9.17) is 0 Å². The van der Waals surface area contributed by atoms with E-state index in [2.05, 4.69) is 10.6 Å². The van der Waals surface area contributed by atoms with Crippen molar-refractivity contribution in [2.75, 3.05) is 13.1 Å². The van der Waals surface area contributed by atoms with Crippen molar-refractivity contribution < 1.29 is 0 Å². The van der Waals surface area contributed by atoms with Crippen LogP contribution in [-0.2, 0) is 0 Å².